The number of anilines is 1. The van der Waals surface area contributed by atoms with Gasteiger partial charge in [-0.3, -0.25) is 24.1 Å². The van der Waals surface area contributed by atoms with Crippen molar-refractivity contribution in [3.8, 4) is 11.5 Å². The van der Waals surface area contributed by atoms with E-state index in [1.54, 1.807) is 11.8 Å². The van der Waals surface area contributed by atoms with E-state index in [1.807, 2.05) is 61.2 Å². The van der Waals surface area contributed by atoms with Gasteiger partial charge >= 0.3 is 4.87 Å². The van der Waals surface area contributed by atoms with Crippen LogP contribution in [-0.2, 0) is 14.4 Å². The summed E-state index contributed by atoms with van der Waals surface area (Å²) in [7, 11) is 0. The Balaban J connectivity index is 1.12. The van der Waals surface area contributed by atoms with Crippen molar-refractivity contribution in [2.24, 2.45) is 29.6 Å². The van der Waals surface area contributed by atoms with Gasteiger partial charge in [0, 0.05) is 29.1 Å². The van der Waals surface area contributed by atoms with Gasteiger partial charge in [0.25, 0.3) is 5.91 Å². The molecule has 3 aromatic rings. The Morgan fingerprint density at radius 2 is 1.67 bits per heavy atom. The number of amides is 3. The first-order chi connectivity index (χ1) is 22.3. The summed E-state index contributed by atoms with van der Waals surface area (Å²) in [5.41, 5.74) is 2.70. The molecule has 5 aliphatic rings. The highest BCUT2D eigenvalue weighted by Crippen LogP contribution is 2.68. The second-order valence-electron chi connectivity index (χ2n) is 13.2. The van der Waals surface area contributed by atoms with Gasteiger partial charge in [-0.25, -0.2) is 0 Å². The number of likely N-dealkylation sites (tertiary alicyclic amines) is 1. The van der Waals surface area contributed by atoms with Crippen LogP contribution in [0.2, 0.25) is 0 Å². The number of H-pyrrole nitrogens is 1. The maximum atomic E-state index is 14.0. The highest BCUT2D eigenvalue weighted by atomic mass is 32.2. The fourth-order valence-electron chi connectivity index (χ4n) is 8.82. The van der Waals surface area contributed by atoms with E-state index in [1.165, 1.54) is 16.2 Å². The monoisotopic (exact) mass is 659 g/mol. The lowest BCUT2D eigenvalue weighted by Gasteiger charge is -2.43. The molecule has 4 heterocycles. The number of nitrogens with zero attached hydrogens (tertiary/aromatic N) is 2. The van der Waals surface area contributed by atoms with Crippen LogP contribution in [0.25, 0.3) is 0 Å². The fraction of sp³-hybridized carbons (Fsp3) is 0.486. The Morgan fingerprint density at radius 3 is 2.41 bits per heavy atom. The number of thiazole rings is 1. The molecule has 3 amide bonds. The summed E-state index contributed by atoms with van der Waals surface area (Å²) >= 11 is 2.91. The van der Waals surface area contributed by atoms with E-state index < -0.39 is 0 Å². The van der Waals surface area contributed by atoms with Crippen LogP contribution in [-0.4, -0.2) is 59.2 Å². The van der Waals surface area contributed by atoms with Gasteiger partial charge in [-0.15, -0.1) is 11.8 Å². The molecule has 8 rings (SSSR count). The molecule has 2 bridgehead atoms. The molecular weight excluding hydrogens is 623 g/mol. The normalized spacial score (nSPS) is 29.5. The molecule has 11 heteroatoms. The minimum Gasteiger partial charge on any atom is -0.490 e. The van der Waals surface area contributed by atoms with Crippen molar-refractivity contribution in [2.45, 2.75) is 55.7 Å². The number of piperidine rings is 1. The zero-order valence-electron chi connectivity index (χ0n) is 25.9. The highest BCUT2D eigenvalue weighted by Gasteiger charge is 2.69. The van der Waals surface area contributed by atoms with Crippen LogP contribution in [0.15, 0.2) is 52.3 Å². The molecule has 2 saturated carbocycles. The number of nitrogens with one attached hydrogen (secondary N) is 1. The minimum atomic E-state index is -0.366. The largest absolute Gasteiger partial charge is 0.490 e. The number of carbonyl (C=O) groups is 3. The molecule has 7 atom stereocenters. The maximum absolute atomic E-state index is 14.0. The molecule has 1 aromatic heterocycles. The first kappa shape index (κ1) is 29.8. The third-order valence-corrected chi connectivity index (χ3v) is 13.3. The van der Waals surface area contributed by atoms with Gasteiger partial charge in [0.1, 0.15) is 0 Å². The van der Waals surface area contributed by atoms with Crippen molar-refractivity contribution in [3.05, 3.63) is 68.1 Å². The molecular formula is C35H37N3O6S2. The first-order valence-electron chi connectivity index (χ1n) is 16.4. The van der Waals surface area contributed by atoms with E-state index >= 15 is 0 Å². The third-order valence-electron chi connectivity index (χ3n) is 10.7. The van der Waals surface area contributed by atoms with Gasteiger partial charge < -0.3 is 19.4 Å². The van der Waals surface area contributed by atoms with E-state index in [2.05, 4.69) is 4.98 Å². The van der Waals surface area contributed by atoms with Crippen molar-refractivity contribution < 1.29 is 23.9 Å². The number of aromatic amines is 1. The van der Waals surface area contributed by atoms with E-state index in [-0.39, 0.29) is 70.0 Å². The number of hydrogen-bond donors (Lipinski definition) is 1. The number of rotatable bonds is 7. The fourth-order valence-corrected chi connectivity index (χ4v) is 11.7. The van der Waals surface area contributed by atoms with Crippen LogP contribution in [0, 0.1) is 36.5 Å². The molecule has 2 aromatic carbocycles. The number of fused-ring (bicyclic) bond motifs is 9. The van der Waals surface area contributed by atoms with Crippen LogP contribution in [0.5, 0.6) is 11.5 Å². The van der Waals surface area contributed by atoms with Crippen LogP contribution < -0.4 is 19.2 Å². The van der Waals surface area contributed by atoms with Crippen molar-refractivity contribution in [1.82, 2.24) is 9.88 Å². The zero-order valence-corrected chi connectivity index (χ0v) is 27.5. The number of aromatic nitrogens is 1. The van der Waals surface area contributed by atoms with Crippen LogP contribution in [0.3, 0.4) is 0 Å². The lowest BCUT2D eigenvalue weighted by molar-refractivity contribution is -0.134. The Kier molecular flexibility index (Phi) is 7.51. The molecule has 2 aliphatic carbocycles. The van der Waals surface area contributed by atoms with Gasteiger partial charge in [-0.2, -0.15) is 0 Å². The van der Waals surface area contributed by atoms with Gasteiger partial charge in [-0.05, 0) is 87.1 Å². The van der Waals surface area contributed by atoms with Gasteiger partial charge in [-0.1, -0.05) is 35.1 Å². The zero-order chi connectivity index (χ0) is 31.7. The summed E-state index contributed by atoms with van der Waals surface area (Å²) in [6, 6.07) is 13.5. The summed E-state index contributed by atoms with van der Waals surface area (Å²) in [4.78, 5) is 60.7. The number of imide groups is 1. The van der Waals surface area contributed by atoms with E-state index in [9.17, 15) is 19.2 Å². The van der Waals surface area contributed by atoms with Gasteiger partial charge in [0.2, 0.25) is 11.8 Å². The molecule has 46 heavy (non-hydrogen) atoms. The third kappa shape index (κ3) is 4.72. The van der Waals surface area contributed by atoms with Gasteiger partial charge in [0.15, 0.2) is 18.1 Å². The number of thioether (sulfide) groups is 1. The molecule has 9 nitrogen and oxygen atoms in total. The standard InChI is InChI=1S/C35H37N3O6S2/c1-3-43-24-15-19(9-12-23(24)44-17-25(39)37-13-5-4-6-14-37)26-27-21-16-22(30(27)45-32-31(26)46-35(42)36-32)29-28(21)33(40)38(34(29)41)20-10-7-18(2)8-11-20/h7-12,15,21-22,26-30H,3-6,13-14,16-17H2,1-2H3,(H,36,42)/t21-,22-,26+,27-,28+,29+,30-/m1/s1. The van der Waals surface area contributed by atoms with Gasteiger partial charge in [0.05, 0.1) is 29.2 Å². The van der Waals surface area contributed by atoms with E-state index in [4.69, 9.17) is 9.47 Å². The average Bonchev–Trinajstić information content (AvgIpc) is 3.80. The van der Waals surface area contributed by atoms with Crippen molar-refractivity contribution in [1.29, 1.82) is 0 Å². The molecule has 1 N–H and O–H groups in total. The molecule has 0 unspecified atom stereocenters. The van der Waals surface area contributed by atoms with Crippen molar-refractivity contribution in [3.63, 3.8) is 0 Å². The number of carbonyl (C=O) groups excluding carboxylic acids is 3. The molecule has 0 radical (unpaired) electrons. The second-order valence-corrected chi connectivity index (χ2v) is 15.4. The first-order valence-corrected chi connectivity index (χ1v) is 18.0. The lowest BCUT2D eigenvalue weighted by Crippen LogP contribution is -2.42. The molecule has 240 valence electrons. The van der Waals surface area contributed by atoms with Crippen molar-refractivity contribution >= 4 is 46.5 Å². The second kappa shape index (κ2) is 11.6. The Morgan fingerprint density at radius 1 is 0.935 bits per heavy atom. The summed E-state index contributed by atoms with van der Waals surface area (Å²) in [6.45, 7) is 5.82. The summed E-state index contributed by atoms with van der Waals surface area (Å²) in [6.07, 6.45) is 4.02. The van der Waals surface area contributed by atoms with Crippen LogP contribution in [0.1, 0.15) is 54.5 Å². The van der Waals surface area contributed by atoms with Crippen LogP contribution in [0.4, 0.5) is 5.69 Å². The predicted octanol–water partition coefficient (Wildman–Crippen LogP) is 5.21. The van der Waals surface area contributed by atoms with Crippen LogP contribution >= 0.6 is 23.1 Å². The Labute approximate surface area is 275 Å². The molecule has 0 spiro atoms. The number of ether oxygens (including phenoxy) is 2. The number of hydrogen-bond acceptors (Lipinski definition) is 8. The predicted molar refractivity (Wildman–Crippen MR) is 176 cm³/mol. The minimum absolute atomic E-state index is 0.0170. The SMILES string of the molecule is CCOc1cc([C@@H]2c3sc(=O)[nH]c3S[C@@H]3[C@@H]4C[C@@H]([C@@H]5C(=O)N(c6ccc(C)cc6)C(=O)[C@@H]45)[C@H]23)ccc1OCC(=O)N1CCCCC1. The van der Waals surface area contributed by atoms with E-state index in [0.717, 1.165) is 59.8 Å². The van der Waals surface area contributed by atoms with Crippen molar-refractivity contribution in [2.75, 3.05) is 31.2 Å². The summed E-state index contributed by atoms with van der Waals surface area (Å²) in [5, 5.41) is 0.959. The summed E-state index contributed by atoms with van der Waals surface area (Å²) in [5.74, 6) is 0.156. The Bertz CT molecular complexity index is 1760. The molecule has 3 aliphatic heterocycles. The number of benzene rings is 2. The lowest BCUT2D eigenvalue weighted by atomic mass is 9.68. The Hall–Kier alpha value is -3.57. The maximum Gasteiger partial charge on any atom is 0.305 e. The molecule has 2 saturated heterocycles. The molecule has 4 fully saturated rings. The summed E-state index contributed by atoms with van der Waals surface area (Å²) < 4.78 is 12.1. The van der Waals surface area contributed by atoms with E-state index in [0.29, 0.717) is 23.8 Å². The highest BCUT2D eigenvalue weighted by molar-refractivity contribution is 8.00. The number of aryl methyl sites for hydroxylation is 1. The quantitative estimate of drug-likeness (QED) is 0.347. The average molecular weight is 660 g/mol. The topological polar surface area (TPSA) is 109 Å². The smallest absolute Gasteiger partial charge is 0.305 e.